The largest absolute Gasteiger partial charge is 0.356 e. The van der Waals surface area contributed by atoms with Gasteiger partial charge in [-0.2, -0.15) is 0 Å². The quantitative estimate of drug-likeness (QED) is 0.593. The van der Waals surface area contributed by atoms with E-state index in [-0.39, 0.29) is 6.29 Å². The van der Waals surface area contributed by atoms with E-state index in [1.807, 2.05) is 0 Å². The van der Waals surface area contributed by atoms with Gasteiger partial charge in [0.05, 0.1) is 0 Å². The molecule has 0 aliphatic heterocycles. The molecule has 1 rings (SSSR count). The van der Waals surface area contributed by atoms with Crippen molar-refractivity contribution in [3.63, 3.8) is 0 Å². The number of methoxy groups -OCH3 is 2. The fourth-order valence-corrected chi connectivity index (χ4v) is 2.00. The lowest BCUT2D eigenvalue weighted by Gasteiger charge is -2.15. The van der Waals surface area contributed by atoms with Crippen molar-refractivity contribution in [2.24, 2.45) is 5.92 Å². The molecule has 0 atom stereocenters. The third kappa shape index (κ3) is 3.11. The molecule has 1 aliphatic rings. The van der Waals surface area contributed by atoms with Crippen molar-refractivity contribution in [2.75, 3.05) is 14.2 Å². The Kier molecular flexibility index (Phi) is 4.62. The summed E-state index contributed by atoms with van der Waals surface area (Å²) >= 11 is 0. The van der Waals surface area contributed by atoms with Crippen molar-refractivity contribution in [2.45, 2.75) is 44.8 Å². The first-order chi connectivity index (χ1) is 5.86. The fraction of sp³-hybridized carbons (Fsp3) is 1.00. The lowest BCUT2D eigenvalue weighted by atomic mass is 10.0. The molecule has 2 heteroatoms. The molecular weight excluding hydrogens is 152 g/mol. The van der Waals surface area contributed by atoms with Gasteiger partial charge in [0.25, 0.3) is 0 Å². The summed E-state index contributed by atoms with van der Waals surface area (Å²) in [6, 6.07) is 0. The molecule has 0 aromatic heterocycles. The van der Waals surface area contributed by atoms with Crippen molar-refractivity contribution < 1.29 is 9.47 Å². The molecule has 1 saturated carbocycles. The van der Waals surface area contributed by atoms with E-state index in [0.717, 1.165) is 12.3 Å². The number of hydrogen-bond donors (Lipinski definition) is 0. The molecule has 72 valence electrons. The van der Waals surface area contributed by atoms with Crippen LogP contribution in [-0.2, 0) is 9.47 Å². The Balaban J connectivity index is 2.06. The highest BCUT2D eigenvalue weighted by Gasteiger charge is 2.16. The molecular formula is C10H20O2. The van der Waals surface area contributed by atoms with Crippen molar-refractivity contribution in [3.8, 4) is 0 Å². The van der Waals surface area contributed by atoms with E-state index < -0.39 is 0 Å². The maximum atomic E-state index is 5.14. The van der Waals surface area contributed by atoms with Crippen LogP contribution >= 0.6 is 0 Å². The molecule has 0 aromatic carbocycles. The maximum Gasteiger partial charge on any atom is 0.156 e. The van der Waals surface area contributed by atoms with Gasteiger partial charge in [-0.05, 0) is 18.8 Å². The highest BCUT2D eigenvalue weighted by atomic mass is 16.7. The van der Waals surface area contributed by atoms with Gasteiger partial charge in [0.15, 0.2) is 6.29 Å². The molecule has 2 nitrogen and oxygen atoms in total. The van der Waals surface area contributed by atoms with Crippen LogP contribution in [0.1, 0.15) is 38.5 Å². The van der Waals surface area contributed by atoms with Gasteiger partial charge >= 0.3 is 0 Å². The molecule has 0 bridgehead atoms. The lowest BCUT2D eigenvalue weighted by molar-refractivity contribution is -0.108. The number of rotatable bonds is 5. The first-order valence-corrected chi connectivity index (χ1v) is 4.92. The molecule has 0 heterocycles. The molecule has 0 N–H and O–H groups in total. The third-order valence-corrected chi connectivity index (χ3v) is 2.81. The van der Waals surface area contributed by atoms with Crippen molar-refractivity contribution in [3.05, 3.63) is 0 Å². The summed E-state index contributed by atoms with van der Waals surface area (Å²) in [5.74, 6) is 0.942. The van der Waals surface area contributed by atoms with Gasteiger partial charge in [-0.3, -0.25) is 0 Å². The standard InChI is InChI=1S/C10H20O2/c1-11-10(12-2)8-7-9-5-3-4-6-9/h9-10H,3-8H2,1-2H3. The zero-order valence-electron chi connectivity index (χ0n) is 8.21. The van der Waals surface area contributed by atoms with E-state index >= 15 is 0 Å². The summed E-state index contributed by atoms with van der Waals surface area (Å²) in [5.41, 5.74) is 0. The Morgan fingerprint density at radius 1 is 1.17 bits per heavy atom. The Bertz CT molecular complexity index is 102. The first kappa shape index (κ1) is 10.0. The van der Waals surface area contributed by atoms with Crippen LogP contribution in [0.4, 0.5) is 0 Å². The van der Waals surface area contributed by atoms with Crippen LogP contribution in [0.5, 0.6) is 0 Å². The number of hydrogen-bond acceptors (Lipinski definition) is 2. The average Bonchev–Trinajstić information content (AvgIpc) is 2.59. The molecule has 1 aliphatic carbocycles. The SMILES string of the molecule is COC(CCC1CCCC1)OC. The normalized spacial score (nSPS) is 19.2. The third-order valence-electron chi connectivity index (χ3n) is 2.81. The second-order valence-electron chi connectivity index (χ2n) is 3.63. The molecule has 1 fully saturated rings. The second kappa shape index (κ2) is 5.55. The zero-order valence-corrected chi connectivity index (χ0v) is 8.21. The monoisotopic (exact) mass is 172 g/mol. The van der Waals surface area contributed by atoms with E-state index in [4.69, 9.17) is 9.47 Å². The lowest BCUT2D eigenvalue weighted by Crippen LogP contribution is -2.13. The van der Waals surface area contributed by atoms with Crippen LogP contribution in [0.3, 0.4) is 0 Å². The van der Waals surface area contributed by atoms with Gasteiger partial charge in [-0.1, -0.05) is 25.7 Å². The van der Waals surface area contributed by atoms with Crippen molar-refractivity contribution >= 4 is 0 Å². The summed E-state index contributed by atoms with van der Waals surface area (Å²) in [6.45, 7) is 0. The highest BCUT2D eigenvalue weighted by Crippen LogP contribution is 2.29. The van der Waals surface area contributed by atoms with Crippen LogP contribution < -0.4 is 0 Å². The van der Waals surface area contributed by atoms with Crippen molar-refractivity contribution in [1.82, 2.24) is 0 Å². The predicted octanol–water partition coefficient (Wildman–Crippen LogP) is 2.58. The molecule has 0 amide bonds. The van der Waals surface area contributed by atoms with E-state index in [9.17, 15) is 0 Å². The van der Waals surface area contributed by atoms with Crippen LogP contribution in [0.15, 0.2) is 0 Å². The minimum absolute atomic E-state index is 0.0191. The number of ether oxygens (including phenoxy) is 2. The molecule has 0 spiro atoms. The van der Waals surface area contributed by atoms with Crippen LogP contribution in [0.25, 0.3) is 0 Å². The van der Waals surface area contributed by atoms with Gasteiger partial charge < -0.3 is 9.47 Å². The Morgan fingerprint density at radius 2 is 1.75 bits per heavy atom. The van der Waals surface area contributed by atoms with Gasteiger partial charge in [-0.15, -0.1) is 0 Å². The summed E-state index contributed by atoms with van der Waals surface area (Å²) < 4.78 is 10.3. The average molecular weight is 172 g/mol. The van der Waals surface area contributed by atoms with Crippen LogP contribution in [0.2, 0.25) is 0 Å². The molecule has 0 radical (unpaired) electrons. The Hall–Kier alpha value is -0.0800. The highest BCUT2D eigenvalue weighted by molar-refractivity contribution is 4.67. The van der Waals surface area contributed by atoms with E-state index in [0.29, 0.717) is 0 Å². The molecule has 12 heavy (non-hydrogen) atoms. The molecule has 0 aromatic rings. The van der Waals surface area contributed by atoms with Crippen LogP contribution in [-0.4, -0.2) is 20.5 Å². The van der Waals surface area contributed by atoms with Gasteiger partial charge in [0, 0.05) is 14.2 Å². The van der Waals surface area contributed by atoms with Gasteiger partial charge in [0.1, 0.15) is 0 Å². The van der Waals surface area contributed by atoms with Gasteiger partial charge in [0.2, 0.25) is 0 Å². The van der Waals surface area contributed by atoms with E-state index in [1.165, 1.54) is 32.1 Å². The molecule has 0 unspecified atom stereocenters. The van der Waals surface area contributed by atoms with E-state index in [2.05, 4.69) is 0 Å². The van der Waals surface area contributed by atoms with E-state index in [1.54, 1.807) is 14.2 Å². The molecule has 0 saturated heterocycles. The Labute approximate surface area is 75.2 Å². The first-order valence-electron chi connectivity index (χ1n) is 4.92. The summed E-state index contributed by atoms with van der Waals surface area (Å²) in [7, 11) is 3.42. The minimum atomic E-state index is 0.0191. The summed E-state index contributed by atoms with van der Waals surface area (Å²) in [5, 5.41) is 0. The fourth-order valence-electron chi connectivity index (χ4n) is 2.00. The maximum absolute atomic E-state index is 5.14. The topological polar surface area (TPSA) is 18.5 Å². The smallest absolute Gasteiger partial charge is 0.156 e. The second-order valence-corrected chi connectivity index (χ2v) is 3.63. The minimum Gasteiger partial charge on any atom is -0.356 e. The predicted molar refractivity (Wildman–Crippen MR) is 49.0 cm³/mol. The zero-order chi connectivity index (χ0) is 8.81. The summed E-state index contributed by atoms with van der Waals surface area (Å²) in [6.07, 6.45) is 8.03. The van der Waals surface area contributed by atoms with Crippen molar-refractivity contribution in [1.29, 1.82) is 0 Å². The summed E-state index contributed by atoms with van der Waals surface area (Å²) in [4.78, 5) is 0. The van der Waals surface area contributed by atoms with Crippen LogP contribution in [0, 0.1) is 5.92 Å². The Morgan fingerprint density at radius 3 is 2.25 bits per heavy atom. The van der Waals surface area contributed by atoms with Gasteiger partial charge in [-0.25, -0.2) is 0 Å².